The van der Waals surface area contributed by atoms with E-state index >= 15 is 0 Å². The Balaban J connectivity index is 1.89. The van der Waals surface area contributed by atoms with Gasteiger partial charge in [0.25, 0.3) is 0 Å². The lowest BCUT2D eigenvalue weighted by Gasteiger charge is -2.08. The Bertz CT molecular complexity index is 611. The average Bonchev–Trinajstić information content (AvgIpc) is 2.87. The molecule has 0 aliphatic heterocycles. The summed E-state index contributed by atoms with van der Waals surface area (Å²) in [5.41, 5.74) is 3.05. The van der Waals surface area contributed by atoms with Crippen LogP contribution in [0.1, 0.15) is 18.9 Å². The fourth-order valence-corrected chi connectivity index (χ4v) is 1.93. The lowest BCUT2D eigenvalue weighted by molar-refractivity contribution is -0.123. The Labute approximate surface area is 111 Å². The molecule has 1 amide bonds. The number of imidazole rings is 1. The first kappa shape index (κ1) is 13.1. The third kappa shape index (κ3) is 3.10. The number of nitriles is 1. The average molecular weight is 256 g/mol. The second kappa shape index (κ2) is 6.01. The van der Waals surface area contributed by atoms with Crippen LogP contribution in [0.2, 0.25) is 0 Å². The highest BCUT2D eigenvalue weighted by Gasteiger charge is 2.14. The first-order valence-corrected chi connectivity index (χ1v) is 6.34. The molecule has 0 spiro atoms. The van der Waals surface area contributed by atoms with Crippen LogP contribution in [0, 0.1) is 17.2 Å². The van der Waals surface area contributed by atoms with Crippen molar-refractivity contribution in [2.45, 2.75) is 19.8 Å². The molecule has 2 N–H and O–H groups in total. The zero-order valence-corrected chi connectivity index (χ0v) is 10.8. The highest BCUT2D eigenvalue weighted by atomic mass is 16.1. The normalized spacial score (nSPS) is 12.0. The van der Waals surface area contributed by atoms with E-state index in [4.69, 9.17) is 5.26 Å². The predicted octanol–water partition coefficient (Wildman–Crippen LogP) is 1.77. The molecule has 0 aliphatic rings. The number of hydrogen-bond donors (Lipinski definition) is 2. The summed E-state index contributed by atoms with van der Waals surface area (Å²) in [6.07, 6.45) is 2.94. The molecule has 0 saturated carbocycles. The van der Waals surface area contributed by atoms with Gasteiger partial charge in [-0.15, -0.1) is 0 Å². The molecule has 2 aromatic rings. The van der Waals surface area contributed by atoms with E-state index in [1.165, 1.54) is 0 Å². The van der Waals surface area contributed by atoms with Gasteiger partial charge < -0.3 is 10.3 Å². The smallest absolute Gasteiger partial charge is 0.237 e. The molecule has 0 bridgehead atoms. The van der Waals surface area contributed by atoms with E-state index in [1.807, 2.05) is 31.2 Å². The summed E-state index contributed by atoms with van der Waals surface area (Å²) in [6, 6.07) is 7.97. The topological polar surface area (TPSA) is 81.6 Å². The van der Waals surface area contributed by atoms with Crippen molar-refractivity contribution in [3.05, 3.63) is 30.1 Å². The second-order valence-corrected chi connectivity index (χ2v) is 4.38. The van der Waals surface area contributed by atoms with Gasteiger partial charge >= 0.3 is 0 Å². The van der Waals surface area contributed by atoms with Gasteiger partial charge in [0.05, 0.1) is 23.4 Å². The molecule has 98 valence electrons. The van der Waals surface area contributed by atoms with Gasteiger partial charge in [-0.3, -0.25) is 4.79 Å². The Morgan fingerprint density at radius 2 is 2.42 bits per heavy atom. The maximum absolute atomic E-state index is 11.6. The molecule has 0 fully saturated rings. The van der Waals surface area contributed by atoms with Gasteiger partial charge in [-0.1, -0.05) is 13.0 Å². The molecule has 5 nitrogen and oxygen atoms in total. The second-order valence-electron chi connectivity index (χ2n) is 4.38. The molecule has 2 rings (SSSR count). The van der Waals surface area contributed by atoms with Crippen LogP contribution in [0.5, 0.6) is 0 Å². The summed E-state index contributed by atoms with van der Waals surface area (Å²) in [5.74, 6) is -0.734. The van der Waals surface area contributed by atoms with Crippen LogP contribution in [0.15, 0.2) is 24.5 Å². The third-order valence-corrected chi connectivity index (χ3v) is 3.08. The Kier molecular flexibility index (Phi) is 4.14. The lowest BCUT2D eigenvalue weighted by Crippen LogP contribution is -2.31. The summed E-state index contributed by atoms with van der Waals surface area (Å²) >= 11 is 0. The molecule has 0 radical (unpaired) electrons. The van der Waals surface area contributed by atoms with E-state index in [2.05, 4.69) is 15.3 Å². The van der Waals surface area contributed by atoms with Crippen molar-refractivity contribution in [1.29, 1.82) is 5.26 Å². The van der Waals surface area contributed by atoms with E-state index in [9.17, 15) is 4.79 Å². The zero-order chi connectivity index (χ0) is 13.7. The van der Waals surface area contributed by atoms with Crippen molar-refractivity contribution < 1.29 is 4.79 Å². The number of aromatic amines is 1. The minimum Gasteiger partial charge on any atom is -0.355 e. The van der Waals surface area contributed by atoms with Gasteiger partial charge in [-0.25, -0.2) is 4.98 Å². The fourth-order valence-electron chi connectivity index (χ4n) is 1.93. The highest BCUT2D eigenvalue weighted by Crippen LogP contribution is 2.11. The summed E-state index contributed by atoms with van der Waals surface area (Å²) < 4.78 is 0. The molecule has 1 atom stereocenters. The van der Waals surface area contributed by atoms with Gasteiger partial charge in [-0.05, 0) is 30.5 Å². The molecule has 1 heterocycles. The summed E-state index contributed by atoms with van der Waals surface area (Å²) in [6.45, 7) is 2.37. The number of aromatic nitrogens is 2. The SMILES string of the molecule is CCC(C#N)C(=O)NCCc1ccc2nc[nH]c2c1. The van der Waals surface area contributed by atoms with Gasteiger partial charge in [0.15, 0.2) is 0 Å². The number of amides is 1. The summed E-state index contributed by atoms with van der Waals surface area (Å²) in [7, 11) is 0. The van der Waals surface area contributed by atoms with Gasteiger partial charge in [0, 0.05) is 6.54 Å². The molecule has 5 heteroatoms. The molecular weight excluding hydrogens is 240 g/mol. The van der Waals surface area contributed by atoms with E-state index in [0.29, 0.717) is 13.0 Å². The number of rotatable bonds is 5. The summed E-state index contributed by atoms with van der Waals surface area (Å²) in [5, 5.41) is 11.6. The van der Waals surface area contributed by atoms with E-state index in [0.717, 1.165) is 23.0 Å². The van der Waals surface area contributed by atoms with Crippen molar-refractivity contribution in [1.82, 2.24) is 15.3 Å². The summed E-state index contributed by atoms with van der Waals surface area (Å²) in [4.78, 5) is 18.8. The maximum Gasteiger partial charge on any atom is 0.237 e. The number of H-pyrrole nitrogens is 1. The Hall–Kier alpha value is -2.35. The van der Waals surface area contributed by atoms with Crippen molar-refractivity contribution in [3.8, 4) is 6.07 Å². The minimum absolute atomic E-state index is 0.187. The Morgan fingerprint density at radius 1 is 1.58 bits per heavy atom. The van der Waals surface area contributed by atoms with Crippen molar-refractivity contribution >= 4 is 16.9 Å². The fraction of sp³-hybridized carbons (Fsp3) is 0.357. The molecular formula is C14H16N4O. The van der Waals surface area contributed by atoms with Crippen LogP contribution in [0.4, 0.5) is 0 Å². The number of carbonyl (C=O) groups is 1. The van der Waals surface area contributed by atoms with E-state index in [1.54, 1.807) is 6.33 Å². The van der Waals surface area contributed by atoms with Crippen molar-refractivity contribution in [2.24, 2.45) is 5.92 Å². The minimum atomic E-state index is -0.546. The lowest BCUT2D eigenvalue weighted by atomic mass is 10.1. The largest absolute Gasteiger partial charge is 0.355 e. The van der Waals surface area contributed by atoms with E-state index < -0.39 is 5.92 Å². The third-order valence-electron chi connectivity index (χ3n) is 3.08. The maximum atomic E-state index is 11.6. The Morgan fingerprint density at radius 3 is 3.16 bits per heavy atom. The standard InChI is InChI=1S/C14H16N4O/c1-2-11(8-15)14(19)16-6-5-10-3-4-12-13(7-10)18-9-17-12/h3-4,7,9,11H,2,5-6H2,1H3,(H,16,19)(H,17,18). The first-order chi connectivity index (χ1) is 9.24. The number of benzene rings is 1. The molecule has 0 saturated heterocycles. The molecule has 1 unspecified atom stereocenters. The van der Waals surface area contributed by atoms with Crippen molar-refractivity contribution in [3.63, 3.8) is 0 Å². The number of hydrogen-bond acceptors (Lipinski definition) is 3. The van der Waals surface area contributed by atoms with Gasteiger partial charge in [-0.2, -0.15) is 5.26 Å². The van der Waals surface area contributed by atoms with Crippen LogP contribution in [0.25, 0.3) is 11.0 Å². The van der Waals surface area contributed by atoms with Crippen LogP contribution >= 0.6 is 0 Å². The predicted molar refractivity (Wildman–Crippen MR) is 72.2 cm³/mol. The van der Waals surface area contributed by atoms with Crippen LogP contribution in [0.3, 0.4) is 0 Å². The van der Waals surface area contributed by atoms with Gasteiger partial charge in [0.2, 0.25) is 5.91 Å². The first-order valence-electron chi connectivity index (χ1n) is 6.34. The van der Waals surface area contributed by atoms with Crippen molar-refractivity contribution in [2.75, 3.05) is 6.54 Å². The van der Waals surface area contributed by atoms with E-state index in [-0.39, 0.29) is 5.91 Å². The highest BCUT2D eigenvalue weighted by molar-refractivity contribution is 5.81. The molecule has 1 aromatic carbocycles. The molecule has 0 aliphatic carbocycles. The van der Waals surface area contributed by atoms with Crippen LogP contribution < -0.4 is 5.32 Å². The monoisotopic (exact) mass is 256 g/mol. The quantitative estimate of drug-likeness (QED) is 0.855. The molecule has 1 aromatic heterocycles. The number of carbonyl (C=O) groups excluding carboxylic acids is 1. The number of fused-ring (bicyclic) bond motifs is 1. The number of nitrogens with one attached hydrogen (secondary N) is 2. The van der Waals surface area contributed by atoms with Gasteiger partial charge in [0.1, 0.15) is 5.92 Å². The number of nitrogens with zero attached hydrogens (tertiary/aromatic N) is 2. The zero-order valence-electron chi connectivity index (χ0n) is 10.8. The van der Waals surface area contributed by atoms with Crippen LogP contribution in [-0.4, -0.2) is 22.4 Å². The molecule has 19 heavy (non-hydrogen) atoms. The van der Waals surface area contributed by atoms with Crippen LogP contribution in [-0.2, 0) is 11.2 Å².